The lowest BCUT2D eigenvalue weighted by atomic mass is 9.89. The molecule has 7 heteroatoms. The third-order valence-electron chi connectivity index (χ3n) is 4.18. The van der Waals surface area contributed by atoms with E-state index in [4.69, 9.17) is 0 Å². The molecule has 0 radical (unpaired) electrons. The van der Waals surface area contributed by atoms with Crippen LogP contribution in [0.3, 0.4) is 0 Å². The number of aromatic nitrogens is 2. The summed E-state index contributed by atoms with van der Waals surface area (Å²) in [5.74, 6) is 2.35. The third-order valence-corrected chi connectivity index (χ3v) is 6.25. The van der Waals surface area contributed by atoms with Crippen LogP contribution in [0.4, 0.5) is 0 Å². The second-order valence-corrected chi connectivity index (χ2v) is 8.39. The van der Waals surface area contributed by atoms with Crippen molar-refractivity contribution in [1.82, 2.24) is 14.9 Å². The molecule has 3 rings (SSSR count). The van der Waals surface area contributed by atoms with Gasteiger partial charge < -0.3 is 9.88 Å². The molecule has 0 saturated carbocycles. The van der Waals surface area contributed by atoms with E-state index in [1.54, 1.807) is 30.3 Å². The van der Waals surface area contributed by atoms with Crippen LogP contribution in [-0.4, -0.2) is 40.6 Å². The lowest BCUT2D eigenvalue weighted by molar-refractivity contribution is -0.125. The summed E-state index contributed by atoms with van der Waals surface area (Å²) in [5.41, 5.74) is 1.18. The van der Waals surface area contributed by atoms with Crippen molar-refractivity contribution in [2.24, 2.45) is 5.92 Å². The third kappa shape index (κ3) is 3.45. The molecule has 1 aliphatic carbocycles. The Bertz CT molecular complexity index is 794. The first-order valence-electron chi connectivity index (χ1n) is 7.77. The van der Waals surface area contributed by atoms with E-state index in [9.17, 15) is 9.59 Å². The van der Waals surface area contributed by atoms with Crippen LogP contribution in [0.5, 0.6) is 0 Å². The summed E-state index contributed by atoms with van der Waals surface area (Å²) in [6.07, 6.45) is 3.17. The molecule has 0 bridgehead atoms. The number of rotatable bonds is 4. The van der Waals surface area contributed by atoms with Crippen LogP contribution in [0.15, 0.2) is 4.79 Å². The summed E-state index contributed by atoms with van der Waals surface area (Å²) in [6.45, 7) is 2.26. The van der Waals surface area contributed by atoms with Crippen LogP contribution in [0.25, 0.3) is 10.2 Å². The molecule has 2 heterocycles. The van der Waals surface area contributed by atoms with Crippen LogP contribution in [0.2, 0.25) is 0 Å². The highest BCUT2D eigenvalue weighted by Crippen LogP contribution is 2.35. The number of amides is 1. The zero-order valence-electron chi connectivity index (χ0n) is 13.6. The molecule has 0 fully saturated rings. The van der Waals surface area contributed by atoms with E-state index < -0.39 is 0 Å². The van der Waals surface area contributed by atoms with Gasteiger partial charge in [0.15, 0.2) is 0 Å². The van der Waals surface area contributed by atoms with E-state index in [1.165, 1.54) is 22.2 Å². The smallest absolute Gasteiger partial charge is 0.259 e. The molecule has 1 aliphatic rings. The average Bonchev–Trinajstić information content (AvgIpc) is 2.84. The lowest BCUT2D eigenvalue weighted by Crippen LogP contribution is -2.23. The molecule has 2 aromatic rings. The summed E-state index contributed by atoms with van der Waals surface area (Å²) in [4.78, 5) is 35.3. The van der Waals surface area contributed by atoms with Gasteiger partial charge in [0.25, 0.3) is 5.56 Å². The van der Waals surface area contributed by atoms with Crippen LogP contribution < -0.4 is 5.56 Å². The zero-order chi connectivity index (χ0) is 16.6. The van der Waals surface area contributed by atoms with Crippen molar-refractivity contribution in [2.45, 2.75) is 31.9 Å². The van der Waals surface area contributed by atoms with Crippen LogP contribution in [0, 0.1) is 5.92 Å². The van der Waals surface area contributed by atoms with E-state index in [-0.39, 0.29) is 11.5 Å². The van der Waals surface area contributed by atoms with Crippen molar-refractivity contribution < 1.29 is 4.79 Å². The molecule has 1 amide bonds. The number of thiophene rings is 1. The maximum atomic E-state index is 12.4. The Labute approximate surface area is 143 Å². The average molecular weight is 351 g/mol. The topological polar surface area (TPSA) is 66.1 Å². The minimum atomic E-state index is -0.0309. The van der Waals surface area contributed by atoms with E-state index in [1.807, 2.05) is 0 Å². The van der Waals surface area contributed by atoms with E-state index in [0.29, 0.717) is 23.2 Å². The molecule has 0 aromatic carbocycles. The summed E-state index contributed by atoms with van der Waals surface area (Å²) < 4.78 is 0. The fourth-order valence-electron chi connectivity index (χ4n) is 2.83. The second-order valence-electron chi connectivity index (χ2n) is 6.33. The Balaban J connectivity index is 1.82. The Kier molecular flexibility index (Phi) is 4.77. The Hall–Kier alpha value is -1.34. The maximum absolute atomic E-state index is 12.4. The number of hydrogen-bond donors (Lipinski definition) is 1. The van der Waals surface area contributed by atoms with E-state index >= 15 is 0 Å². The highest BCUT2D eigenvalue weighted by atomic mass is 32.2. The fourth-order valence-corrected chi connectivity index (χ4v) is 5.09. The Morgan fingerprint density at radius 1 is 1.48 bits per heavy atom. The fraction of sp³-hybridized carbons (Fsp3) is 0.562. The van der Waals surface area contributed by atoms with Crippen LogP contribution in [-0.2, 0) is 23.4 Å². The number of carbonyl (C=O) groups is 1. The molecule has 1 atom stereocenters. The predicted octanol–water partition coefficient (Wildman–Crippen LogP) is 2.43. The van der Waals surface area contributed by atoms with Gasteiger partial charge in [-0.15, -0.1) is 23.1 Å². The molecular weight excluding hydrogens is 330 g/mol. The first-order chi connectivity index (χ1) is 11.0. The molecule has 124 valence electrons. The highest BCUT2D eigenvalue weighted by Gasteiger charge is 2.23. The van der Waals surface area contributed by atoms with Crippen LogP contribution in [0.1, 0.15) is 29.6 Å². The predicted molar refractivity (Wildman–Crippen MR) is 96.3 cm³/mol. The first kappa shape index (κ1) is 16.5. The standard InChI is InChI=1S/C16H21N3O2S2/c1-9-4-5-10-11(6-9)23-16-14(10)15(21)17-12(18-16)7-22-8-13(20)19(2)3/h9H,4-8H2,1-3H3,(H,17,18,21)/t9-/m0/s1. The van der Waals surface area contributed by atoms with Crippen molar-refractivity contribution in [2.75, 3.05) is 19.8 Å². The monoisotopic (exact) mass is 351 g/mol. The second kappa shape index (κ2) is 6.65. The quantitative estimate of drug-likeness (QED) is 0.919. The molecule has 5 nitrogen and oxygen atoms in total. The van der Waals surface area contributed by atoms with Gasteiger partial charge in [0.1, 0.15) is 10.7 Å². The van der Waals surface area contributed by atoms with E-state index in [2.05, 4.69) is 16.9 Å². The van der Waals surface area contributed by atoms with Gasteiger partial charge in [0.05, 0.1) is 16.9 Å². The minimum Gasteiger partial charge on any atom is -0.348 e. The Morgan fingerprint density at radius 3 is 3.00 bits per heavy atom. The zero-order valence-corrected chi connectivity index (χ0v) is 15.3. The molecule has 1 N–H and O–H groups in total. The largest absolute Gasteiger partial charge is 0.348 e. The van der Waals surface area contributed by atoms with Crippen molar-refractivity contribution in [3.8, 4) is 0 Å². The number of thioether (sulfide) groups is 1. The number of hydrogen-bond acceptors (Lipinski definition) is 5. The lowest BCUT2D eigenvalue weighted by Gasteiger charge is -2.17. The number of fused-ring (bicyclic) bond motifs is 3. The number of nitrogens with zero attached hydrogens (tertiary/aromatic N) is 2. The van der Waals surface area contributed by atoms with Crippen molar-refractivity contribution in [3.63, 3.8) is 0 Å². The van der Waals surface area contributed by atoms with Crippen molar-refractivity contribution in [1.29, 1.82) is 0 Å². The number of carbonyl (C=O) groups excluding carboxylic acids is 1. The molecule has 0 unspecified atom stereocenters. The van der Waals surface area contributed by atoms with Gasteiger partial charge >= 0.3 is 0 Å². The Morgan fingerprint density at radius 2 is 2.26 bits per heavy atom. The van der Waals surface area contributed by atoms with E-state index in [0.717, 1.165) is 29.5 Å². The number of nitrogens with one attached hydrogen (secondary N) is 1. The summed E-state index contributed by atoms with van der Waals surface area (Å²) in [5, 5.41) is 0.787. The molecule has 0 aliphatic heterocycles. The molecule has 2 aromatic heterocycles. The molecular formula is C16H21N3O2S2. The number of H-pyrrole nitrogens is 1. The summed E-state index contributed by atoms with van der Waals surface area (Å²) >= 11 is 3.14. The van der Waals surface area contributed by atoms with Crippen molar-refractivity contribution in [3.05, 3.63) is 26.6 Å². The molecule has 0 saturated heterocycles. The maximum Gasteiger partial charge on any atom is 0.259 e. The van der Waals surface area contributed by atoms with Gasteiger partial charge in [-0.2, -0.15) is 0 Å². The first-order valence-corrected chi connectivity index (χ1v) is 9.74. The van der Waals surface area contributed by atoms with Gasteiger partial charge in [-0.3, -0.25) is 9.59 Å². The van der Waals surface area contributed by atoms with Crippen molar-refractivity contribution >= 4 is 39.2 Å². The van der Waals surface area contributed by atoms with Gasteiger partial charge in [0.2, 0.25) is 5.91 Å². The van der Waals surface area contributed by atoms with Crippen LogP contribution >= 0.6 is 23.1 Å². The van der Waals surface area contributed by atoms with Gasteiger partial charge in [0, 0.05) is 19.0 Å². The molecule has 23 heavy (non-hydrogen) atoms. The van der Waals surface area contributed by atoms with Gasteiger partial charge in [-0.05, 0) is 30.7 Å². The number of aromatic amines is 1. The SMILES string of the molecule is C[C@H]1CCc2c(sc3nc(CSCC(=O)N(C)C)[nH]c(=O)c23)C1. The molecule has 0 spiro atoms. The summed E-state index contributed by atoms with van der Waals surface area (Å²) in [7, 11) is 3.48. The van der Waals surface area contributed by atoms with Gasteiger partial charge in [-0.1, -0.05) is 6.92 Å². The summed E-state index contributed by atoms with van der Waals surface area (Å²) in [6, 6.07) is 0. The highest BCUT2D eigenvalue weighted by molar-refractivity contribution is 7.99. The number of aryl methyl sites for hydroxylation is 1. The minimum absolute atomic E-state index is 0.0309. The van der Waals surface area contributed by atoms with Gasteiger partial charge in [-0.25, -0.2) is 4.98 Å². The normalized spacial score (nSPS) is 17.3.